The molecule has 1 aromatic heterocycles. The number of amides is 1. The van der Waals surface area contributed by atoms with Gasteiger partial charge in [-0.05, 0) is 0 Å². The van der Waals surface area contributed by atoms with Gasteiger partial charge in [0.05, 0.1) is 0 Å². The molecule has 0 saturated heterocycles. The molecule has 1 heterocycles. The van der Waals surface area contributed by atoms with Gasteiger partial charge in [0.2, 0.25) is 0 Å². The number of benzene rings is 1. The second-order valence-electron chi connectivity index (χ2n) is 3.00. The average Bonchev–Trinajstić information content (AvgIpc) is 2.30. The zero-order valence-corrected chi connectivity index (χ0v) is 13.9. The first kappa shape index (κ1) is 13.5. The Labute approximate surface area is 127 Å². The fraction of sp³-hybridized carbons (Fsp3) is 0. The predicted molar refractivity (Wildman–Crippen MR) is 71.0 cm³/mol. The van der Waals surface area contributed by atoms with E-state index < -0.39 is 0 Å². The van der Waals surface area contributed by atoms with Gasteiger partial charge in [-0.3, -0.25) is 0 Å². The Morgan fingerprint density at radius 2 is 1.88 bits per heavy atom. The van der Waals surface area contributed by atoms with Crippen LogP contribution in [0.3, 0.4) is 0 Å². The van der Waals surface area contributed by atoms with Gasteiger partial charge < -0.3 is 0 Å². The van der Waals surface area contributed by atoms with E-state index in [4.69, 9.17) is 23.2 Å². The van der Waals surface area contributed by atoms with E-state index in [1.54, 1.807) is 18.2 Å². The molecule has 0 spiro atoms. The second kappa shape index (κ2) is 5.81. The average molecular weight is 495 g/mol. The van der Waals surface area contributed by atoms with Gasteiger partial charge in [0.25, 0.3) is 0 Å². The summed E-state index contributed by atoms with van der Waals surface area (Å²) in [6, 6.07) is 5.04. The minimum atomic E-state index is -0.327. The fourth-order valence-corrected chi connectivity index (χ4v) is 3.24. The zero-order valence-electron chi connectivity index (χ0n) is 8.05. The standard InChI is InChI=1S/C9H4Cl2I2N3O/c10-7-8(11)15-6-3-4(9(17)16-13-12)1-2-5(6)14-7/h1-3H,(H,16,17)/q-1. The molecule has 90 valence electrons. The normalized spacial score (nSPS) is 10.8. The Bertz CT molecular complexity index is 594. The van der Waals surface area contributed by atoms with Gasteiger partial charge in [0.1, 0.15) is 0 Å². The van der Waals surface area contributed by atoms with Crippen LogP contribution in [0.25, 0.3) is 11.0 Å². The molecule has 0 bridgehead atoms. The van der Waals surface area contributed by atoms with Crippen LogP contribution in [0, 0.1) is 0 Å². The molecule has 1 aromatic carbocycles. The summed E-state index contributed by atoms with van der Waals surface area (Å²) in [5, 5.41) is 0.299. The van der Waals surface area contributed by atoms with E-state index in [1.807, 2.05) is 0 Å². The Hall–Kier alpha value is 0.0700. The van der Waals surface area contributed by atoms with Crippen LogP contribution in [0.2, 0.25) is 10.3 Å². The van der Waals surface area contributed by atoms with E-state index in [-0.39, 0.29) is 33.7 Å². The molecule has 0 radical (unpaired) electrons. The van der Waals surface area contributed by atoms with Crippen molar-refractivity contribution in [2.24, 2.45) is 0 Å². The summed E-state index contributed by atoms with van der Waals surface area (Å²) in [6.45, 7) is 0. The summed E-state index contributed by atoms with van der Waals surface area (Å²) in [7, 11) is 0. The monoisotopic (exact) mass is 494 g/mol. The molecule has 8 heteroatoms. The molecule has 1 N–H and O–H groups in total. The van der Waals surface area contributed by atoms with Crippen LogP contribution in [0.5, 0.6) is 0 Å². The zero-order chi connectivity index (χ0) is 12.4. The second-order valence-corrected chi connectivity index (χ2v) is 7.40. The summed E-state index contributed by atoms with van der Waals surface area (Å²) in [5.74, 6) is -0.109. The molecule has 0 saturated carbocycles. The molecule has 0 aliphatic carbocycles. The number of aromatic nitrogens is 2. The van der Waals surface area contributed by atoms with Crippen molar-refractivity contribution in [1.82, 2.24) is 13.5 Å². The number of hydrogen-bond acceptors (Lipinski definition) is 3. The van der Waals surface area contributed by atoms with Crippen molar-refractivity contribution in [2.45, 2.75) is 0 Å². The van der Waals surface area contributed by atoms with Crippen LogP contribution in [-0.2, 0) is 0 Å². The number of carbonyl (C=O) groups excluding carboxylic acids is 1. The van der Waals surface area contributed by atoms with Crippen molar-refractivity contribution >= 4 is 58.8 Å². The van der Waals surface area contributed by atoms with Crippen molar-refractivity contribution in [2.75, 3.05) is 0 Å². The van der Waals surface area contributed by atoms with Crippen molar-refractivity contribution in [3.05, 3.63) is 34.1 Å². The quantitative estimate of drug-likeness (QED) is 0.473. The topological polar surface area (TPSA) is 54.9 Å². The summed E-state index contributed by atoms with van der Waals surface area (Å²) in [5.41, 5.74) is 1.71. The molecule has 0 aliphatic heterocycles. The van der Waals surface area contributed by atoms with Crippen molar-refractivity contribution in [3.63, 3.8) is 0 Å². The first-order chi connectivity index (χ1) is 8.11. The third-order valence-electron chi connectivity index (χ3n) is 1.97. The molecule has 17 heavy (non-hydrogen) atoms. The maximum atomic E-state index is 11.6. The molecule has 1 amide bonds. The Morgan fingerprint density at radius 3 is 2.53 bits per heavy atom. The molecule has 0 unspecified atom stereocenters. The van der Waals surface area contributed by atoms with Crippen LogP contribution < -0.4 is 21.0 Å². The molecule has 2 aromatic rings. The van der Waals surface area contributed by atoms with Gasteiger partial charge in [-0.15, -0.1) is 0 Å². The van der Waals surface area contributed by atoms with E-state index in [2.05, 4.69) is 32.1 Å². The van der Waals surface area contributed by atoms with Gasteiger partial charge in [0.15, 0.2) is 0 Å². The number of fused-ring (bicyclic) bond motifs is 1. The summed E-state index contributed by atoms with van der Waals surface area (Å²) in [4.78, 5) is 19.8. The number of halogens is 4. The van der Waals surface area contributed by atoms with E-state index in [1.165, 1.54) is 0 Å². The van der Waals surface area contributed by atoms with E-state index in [0.29, 0.717) is 16.6 Å². The first-order valence-electron chi connectivity index (χ1n) is 4.30. The van der Waals surface area contributed by atoms with Gasteiger partial charge in [-0.1, -0.05) is 0 Å². The molecule has 2 rings (SSSR count). The van der Waals surface area contributed by atoms with Crippen LogP contribution >= 0.6 is 41.8 Å². The predicted octanol–water partition coefficient (Wildman–Crippen LogP) is 0.0204. The minimum absolute atomic E-state index is 0.109. The Kier molecular flexibility index (Phi) is 4.61. The number of nitrogens with zero attached hydrogens (tertiary/aromatic N) is 2. The number of hydrogen-bond donors (Lipinski definition) is 1. The molecular weight excluding hydrogens is 491 g/mol. The summed E-state index contributed by atoms with van der Waals surface area (Å²) < 4.78 is 2.80. The van der Waals surface area contributed by atoms with Crippen LogP contribution in [0.4, 0.5) is 0 Å². The third kappa shape index (κ3) is 3.09. The summed E-state index contributed by atoms with van der Waals surface area (Å²) in [6.07, 6.45) is 0. The molecule has 4 nitrogen and oxygen atoms in total. The van der Waals surface area contributed by atoms with Gasteiger partial charge in [-0.25, -0.2) is 0 Å². The number of nitrogens with one attached hydrogen (secondary N) is 1. The Balaban J connectivity index is 2.50. The number of carbonyl (C=O) groups is 1. The maximum absolute atomic E-state index is 11.6. The third-order valence-corrected chi connectivity index (χ3v) is 4.65. The van der Waals surface area contributed by atoms with E-state index in [9.17, 15) is 4.79 Å². The number of rotatable bonds is 2. The van der Waals surface area contributed by atoms with E-state index in [0.717, 1.165) is 0 Å². The van der Waals surface area contributed by atoms with Crippen molar-refractivity contribution < 1.29 is 22.3 Å². The molecule has 0 fully saturated rings. The van der Waals surface area contributed by atoms with Crippen molar-refractivity contribution in [1.29, 1.82) is 0 Å². The van der Waals surface area contributed by atoms with Crippen LogP contribution in [0.15, 0.2) is 18.2 Å². The van der Waals surface area contributed by atoms with Gasteiger partial charge in [-0.2, -0.15) is 0 Å². The molecule has 0 atom stereocenters. The van der Waals surface area contributed by atoms with Gasteiger partial charge in [0, 0.05) is 0 Å². The van der Waals surface area contributed by atoms with Crippen LogP contribution in [-0.4, -0.2) is 15.9 Å². The van der Waals surface area contributed by atoms with E-state index >= 15 is 0 Å². The van der Waals surface area contributed by atoms with Crippen LogP contribution in [0.1, 0.15) is 10.4 Å². The summed E-state index contributed by atoms with van der Waals surface area (Å²) >= 11 is 13.4. The molecular formula is C9H4Cl2I2N3O-. The van der Waals surface area contributed by atoms with Gasteiger partial charge >= 0.3 is 129 Å². The first-order valence-corrected chi connectivity index (χ1v) is 12.4. The Morgan fingerprint density at radius 1 is 1.24 bits per heavy atom. The van der Waals surface area contributed by atoms with Crippen molar-refractivity contribution in [3.8, 4) is 0 Å². The molecule has 0 aliphatic rings. The fourth-order valence-electron chi connectivity index (χ4n) is 1.24. The SMILES string of the molecule is O=C(N[I-]I)c1ccc2nc(Cl)c(Cl)nc2c1.